The minimum Gasteiger partial charge on any atom is -0.487 e. The number of ether oxygens (including phenoxy) is 2. The molecule has 1 saturated heterocycles. The molecule has 0 radical (unpaired) electrons. The van der Waals surface area contributed by atoms with Gasteiger partial charge in [-0.05, 0) is 138 Å². The predicted octanol–water partition coefficient (Wildman–Crippen LogP) is 9.58. The summed E-state index contributed by atoms with van der Waals surface area (Å²) in [6, 6.07) is -1.45. The number of tetrazole rings is 1. The van der Waals surface area contributed by atoms with Crippen LogP contribution in [0.2, 0.25) is 0 Å². The van der Waals surface area contributed by atoms with Crippen LogP contribution in [-0.4, -0.2) is 44.8 Å². The molecule has 5 rings (SSSR count). The van der Waals surface area contributed by atoms with Gasteiger partial charge >= 0.3 is 5.97 Å². The third-order valence-corrected chi connectivity index (χ3v) is 12.7. The predicted molar refractivity (Wildman–Crippen MR) is 202 cm³/mol. The Labute approximate surface area is 304 Å². The van der Waals surface area contributed by atoms with E-state index < -0.39 is 12.0 Å². The number of fused-ring (bicyclic) bond motifs is 2. The van der Waals surface area contributed by atoms with E-state index in [1.54, 1.807) is 0 Å². The van der Waals surface area contributed by atoms with Gasteiger partial charge in [0.1, 0.15) is 23.1 Å². The largest absolute Gasteiger partial charge is 0.487 e. The number of piperidine rings is 1. The van der Waals surface area contributed by atoms with Crippen LogP contribution in [0.15, 0.2) is 0 Å². The number of carbonyl (C=O) groups excluding carboxylic acids is 1. The maximum absolute atomic E-state index is 13.8. The Kier molecular flexibility index (Phi) is 13.3. The van der Waals surface area contributed by atoms with Gasteiger partial charge in [-0.2, -0.15) is 5.21 Å². The fourth-order valence-electron chi connectivity index (χ4n) is 9.14. The van der Waals surface area contributed by atoms with Crippen molar-refractivity contribution in [2.24, 2.45) is 35.5 Å². The molecule has 8 heteroatoms. The first-order chi connectivity index (χ1) is 24.3. The first-order valence-electron chi connectivity index (χ1n) is 20.8. The Hall–Kier alpha value is -2.48. The van der Waals surface area contributed by atoms with Gasteiger partial charge in [-0.25, -0.2) is 4.79 Å². The zero-order chi connectivity index (χ0) is 36.8. The molecule has 0 bridgehead atoms. The van der Waals surface area contributed by atoms with Crippen LogP contribution >= 0.6 is 0 Å². The molecule has 3 heterocycles. The van der Waals surface area contributed by atoms with Gasteiger partial charge in [0.25, 0.3) is 0 Å². The smallest absolute Gasteiger partial charge is 0.328 e. The van der Waals surface area contributed by atoms with Crippen LogP contribution in [-0.2, 0) is 17.6 Å². The van der Waals surface area contributed by atoms with E-state index in [1.807, 2.05) is 6.92 Å². The number of hydrogen-bond donors (Lipinski definition) is 2. The van der Waals surface area contributed by atoms with Gasteiger partial charge in [0.05, 0.1) is 1.37 Å². The molecule has 1 aliphatic carbocycles. The van der Waals surface area contributed by atoms with E-state index >= 15 is 0 Å². The van der Waals surface area contributed by atoms with Crippen molar-refractivity contribution in [2.75, 3.05) is 6.54 Å². The molecule has 0 unspecified atom stereocenters. The normalized spacial score (nSPS) is 27.9. The van der Waals surface area contributed by atoms with Gasteiger partial charge in [-0.3, -0.25) is 0 Å². The molecule has 1 saturated carbocycles. The number of H-pyrrole nitrogens is 1. The lowest BCUT2D eigenvalue weighted by Gasteiger charge is -2.42. The average molecular weight is 693 g/mol. The topological polar surface area (TPSA) is 102 Å². The summed E-state index contributed by atoms with van der Waals surface area (Å²) in [5.74, 6) is 5.66. The maximum atomic E-state index is 13.8. The monoisotopic (exact) mass is 693 g/mol. The Morgan fingerprint density at radius 2 is 1.68 bits per heavy atom. The second kappa shape index (κ2) is 17.8. The molecule has 280 valence electrons. The summed E-state index contributed by atoms with van der Waals surface area (Å²) in [5.41, 5.74) is 3.94. The van der Waals surface area contributed by atoms with E-state index in [1.165, 1.54) is 57.8 Å². The van der Waals surface area contributed by atoms with Crippen LogP contribution in [0.25, 0.3) is 0 Å². The van der Waals surface area contributed by atoms with Crippen LogP contribution in [0, 0.1) is 56.3 Å². The van der Waals surface area contributed by atoms with E-state index in [0.29, 0.717) is 36.5 Å². The minimum absolute atomic E-state index is 0.184. The van der Waals surface area contributed by atoms with Crippen LogP contribution in [0.4, 0.5) is 0 Å². The van der Waals surface area contributed by atoms with E-state index in [4.69, 9.17) is 9.47 Å². The summed E-state index contributed by atoms with van der Waals surface area (Å²) in [7, 11) is 0. The van der Waals surface area contributed by atoms with E-state index in [2.05, 4.69) is 74.4 Å². The average Bonchev–Trinajstić information content (AvgIpc) is 3.61. The summed E-state index contributed by atoms with van der Waals surface area (Å²) >= 11 is 0. The fourth-order valence-corrected chi connectivity index (χ4v) is 9.14. The molecule has 0 amide bonds. The van der Waals surface area contributed by atoms with Crippen molar-refractivity contribution >= 4 is 5.97 Å². The fraction of sp³-hybridized carbons (Fsp3) is 0.810. The SMILES string of the molecule is [2H][C@@]1(C(=O)Oc2c(C)c(C)c3c(c2C)CC[C@@](C)(CCC[C@H](C)CCC[C@H](C)CCCC(C)C)O3)C[C@H]2C[C@@H](CCc3nn[nH]n3)CC[C@H]2CN1. The molecule has 7 atom stereocenters. The van der Waals surface area contributed by atoms with Crippen molar-refractivity contribution in [3.05, 3.63) is 28.1 Å². The summed E-state index contributed by atoms with van der Waals surface area (Å²) in [6.45, 7) is 18.7. The molecular weight excluding hydrogens is 622 g/mol. The number of aromatic nitrogens is 4. The van der Waals surface area contributed by atoms with E-state index in [0.717, 1.165) is 96.5 Å². The Morgan fingerprint density at radius 1 is 0.960 bits per heavy atom. The van der Waals surface area contributed by atoms with Crippen LogP contribution in [0.3, 0.4) is 0 Å². The van der Waals surface area contributed by atoms with Gasteiger partial charge in [-0.1, -0.05) is 84.3 Å². The van der Waals surface area contributed by atoms with Gasteiger partial charge < -0.3 is 14.8 Å². The zero-order valence-electron chi connectivity index (χ0n) is 33.8. The second-order valence-corrected chi connectivity index (χ2v) is 17.4. The van der Waals surface area contributed by atoms with Crippen molar-refractivity contribution in [1.82, 2.24) is 25.9 Å². The molecule has 50 heavy (non-hydrogen) atoms. The Morgan fingerprint density at radius 3 is 2.38 bits per heavy atom. The molecular formula is C42H69N5O3. The third-order valence-electron chi connectivity index (χ3n) is 12.7. The summed E-state index contributed by atoms with van der Waals surface area (Å²) in [5, 5.41) is 17.7. The molecule has 2 fully saturated rings. The molecule has 3 aliphatic rings. The van der Waals surface area contributed by atoms with Crippen molar-refractivity contribution in [3.8, 4) is 11.5 Å². The highest BCUT2D eigenvalue weighted by Gasteiger charge is 2.39. The number of carbonyl (C=O) groups is 1. The number of benzene rings is 1. The highest BCUT2D eigenvalue weighted by Crippen LogP contribution is 2.46. The van der Waals surface area contributed by atoms with E-state index in [9.17, 15) is 6.17 Å². The quantitative estimate of drug-likeness (QED) is 0.126. The maximum Gasteiger partial charge on any atom is 0.328 e. The first kappa shape index (κ1) is 37.3. The molecule has 8 nitrogen and oxygen atoms in total. The Balaban J connectivity index is 1.12. The lowest BCUT2D eigenvalue weighted by atomic mass is 9.69. The van der Waals surface area contributed by atoms with Gasteiger partial charge in [-0.15, -0.1) is 10.2 Å². The Bertz CT molecular complexity index is 1430. The van der Waals surface area contributed by atoms with Crippen LogP contribution in [0.5, 0.6) is 11.5 Å². The van der Waals surface area contributed by atoms with Crippen molar-refractivity contribution < 1.29 is 15.6 Å². The van der Waals surface area contributed by atoms with Crippen molar-refractivity contribution in [2.45, 2.75) is 176 Å². The van der Waals surface area contributed by atoms with Crippen molar-refractivity contribution in [1.29, 1.82) is 0 Å². The van der Waals surface area contributed by atoms with Gasteiger partial charge in [0, 0.05) is 12.0 Å². The standard InChI is InChI=1S/C42H69N5O3/c1-27(2)12-9-13-28(3)14-10-15-29(4)16-11-22-42(8)23-21-36-32(7)39(30(5)31(6)40(36)50-42)49-41(48)37-25-35-24-33(17-19-34(35)26-43-37)18-20-38-44-46-47-45-38/h27-29,33-35,37,43H,9-26H2,1-8H3,(H,44,45,46,47)/t28-,29-,33-,34+,35-,37+,42-/m1/s1/i37D. The highest BCUT2D eigenvalue weighted by atomic mass is 16.5. The number of nitrogens with zero attached hydrogens (tertiary/aromatic N) is 3. The first-order valence-corrected chi connectivity index (χ1v) is 20.3. The minimum atomic E-state index is -1.45. The third kappa shape index (κ3) is 10.3. The summed E-state index contributed by atoms with van der Waals surface area (Å²) in [6.07, 6.45) is 19.1. The van der Waals surface area contributed by atoms with Gasteiger partial charge in [0.15, 0.2) is 5.82 Å². The number of esters is 1. The number of aromatic amines is 1. The highest BCUT2D eigenvalue weighted by molar-refractivity contribution is 5.80. The molecule has 1 aromatic heterocycles. The molecule has 0 spiro atoms. The van der Waals surface area contributed by atoms with Crippen molar-refractivity contribution in [3.63, 3.8) is 0 Å². The van der Waals surface area contributed by atoms with Gasteiger partial charge in [0.2, 0.25) is 0 Å². The number of nitrogens with one attached hydrogen (secondary N) is 2. The van der Waals surface area contributed by atoms with Crippen LogP contribution < -0.4 is 14.8 Å². The summed E-state index contributed by atoms with van der Waals surface area (Å²) in [4.78, 5) is 13.8. The number of rotatable bonds is 17. The number of aryl methyl sites for hydroxylation is 1. The second-order valence-electron chi connectivity index (χ2n) is 17.4. The lowest BCUT2D eigenvalue weighted by molar-refractivity contribution is -0.138. The molecule has 1 aromatic carbocycles. The lowest BCUT2D eigenvalue weighted by Crippen LogP contribution is -2.51. The molecule has 2 N–H and O–H groups in total. The molecule has 2 aromatic rings. The summed E-state index contributed by atoms with van der Waals surface area (Å²) < 4.78 is 22.3. The molecule has 2 aliphatic heterocycles. The van der Waals surface area contributed by atoms with E-state index in [-0.39, 0.29) is 5.60 Å². The number of hydrogen-bond acceptors (Lipinski definition) is 7. The zero-order valence-corrected chi connectivity index (χ0v) is 32.8. The van der Waals surface area contributed by atoms with Crippen LogP contribution in [0.1, 0.15) is 160 Å².